The van der Waals surface area contributed by atoms with Crippen molar-refractivity contribution in [2.24, 2.45) is 0 Å². The average molecular weight is 356 g/mol. The largest absolute Gasteiger partial charge is 0.497 e. The summed E-state index contributed by atoms with van der Waals surface area (Å²) in [6, 6.07) is 14.7. The van der Waals surface area contributed by atoms with Crippen LogP contribution in [0.5, 0.6) is 11.5 Å². The van der Waals surface area contributed by atoms with Crippen LogP contribution in [0.3, 0.4) is 0 Å². The molecule has 2 aromatic carbocycles. The number of hydrogen-bond donors (Lipinski definition) is 2. The van der Waals surface area contributed by atoms with Gasteiger partial charge in [-0.3, -0.25) is 20.4 Å². The van der Waals surface area contributed by atoms with Crippen molar-refractivity contribution in [3.63, 3.8) is 0 Å². The summed E-state index contributed by atoms with van der Waals surface area (Å²) in [6.45, 7) is 3.69. The van der Waals surface area contributed by atoms with Crippen LogP contribution in [0.4, 0.5) is 0 Å². The number of ether oxygens (including phenoxy) is 2. The Kier molecular flexibility index (Phi) is 7.02. The van der Waals surface area contributed by atoms with E-state index in [4.69, 9.17) is 9.47 Å². The highest BCUT2D eigenvalue weighted by Crippen LogP contribution is 2.14. The number of nitrogens with one attached hydrogen (secondary N) is 2. The third-order valence-corrected chi connectivity index (χ3v) is 3.86. The lowest BCUT2D eigenvalue weighted by atomic mass is 10.1. The quantitative estimate of drug-likeness (QED) is 0.747. The third kappa shape index (κ3) is 5.81. The molecule has 2 amide bonds. The highest BCUT2D eigenvalue weighted by molar-refractivity contribution is 5.85. The van der Waals surface area contributed by atoms with Crippen LogP contribution in [0.1, 0.15) is 25.0 Å². The van der Waals surface area contributed by atoms with Gasteiger partial charge in [0.15, 0.2) is 6.10 Å². The number of benzene rings is 2. The molecule has 2 rings (SSSR count). The monoisotopic (exact) mass is 356 g/mol. The minimum atomic E-state index is -0.733. The molecule has 0 saturated carbocycles. The summed E-state index contributed by atoms with van der Waals surface area (Å²) in [4.78, 5) is 24.0. The zero-order valence-electron chi connectivity index (χ0n) is 15.2. The number of carbonyl (C=O) groups is 2. The number of carbonyl (C=O) groups excluding carboxylic acids is 2. The molecule has 6 heteroatoms. The lowest BCUT2D eigenvalue weighted by Crippen LogP contribution is -2.47. The molecule has 2 aromatic rings. The first kappa shape index (κ1) is 19.3. The first-order chi connectivity index (χ1) is 12.5. The first-order valence-corrected chi connectivity index (χ1v) is 8.49. The van der Waals surface area contributed by atoms with E-state index in [-0.39, 0.29) is 12.3 Å². The Morgan fingerprint density at radius 3 is 2.08 bits per heavy atom. The van der Waals surface area contributed by atoms with Crippen molar-refractivity contribution >= 4 is 11.8 Å². The summed E-state index contributed by atoms with van der Waals surface area (Å²) >= 11 is 0. The van der Waals surface area contributed by atoms with Gasteiger partial charge in [0.1, 0.15) is 11.5 Å². The van der Waals surface area contributed by atoms with Gasteiger partial charge in [0, 0.05) is 0 Å². The van der Waals surface area contributed by atoms with Gasteiger partial charge in [-0.2, -0.15) is 0 Å². The number of methoxy groups -OCH3 is 1. The number of aryl methyl sites for hydroxylation is 1. The van der Waals surface area contributed by atoms with Crippen LogP contribution in [0.15, 0.2) is 48.5 Å². The summed E-state index contributed by atoms with van der Waals surface area (Å²) in [5.74, 6) is 0.588. The Morgan fingerprint density at radius 1 is 0.923 bits per heavy atom. The number of hydrogen-bond acceptors (Lipinski definition) is 4. The molecule has 0 aliphatic rings. The Bertz CT molecular complexity index is 726. The molecule has 1 atom stereocenters. The van der Waals surface area contributed by atoms with Gasteiger partial charge in [0.2, 0.25) is 5.91 Å². The Balaban J connectivity index is 1.77. The molecular formula is C20H24N2O4. The van der Waals surface area contributed by atoms with E-state index in [9.17, 15) is 9.59 Å². The maximum absolute atomic E-state index is 12.0. The van der Waals surface area contributed by atoms with E-state index < -0.39 is 12.0 Å². The van der Waals surface area contributed by atoms with E-state index in [1.807, 2.05) is 24.3 Å². The third-order valence-electron chi connectivity index (χ3n) is 3.86. The molecule has 6 nitrogen and oxygen atoms in total. The Morgan fingerprint density at radius 2 is 1.50 bits per heavy atom. The van der Waals surface area contributed by atoms with Crippen molar-refractivity contribution in [3.8, 4) is 11.5 Å². The predicted octanol–water partition coefficient (Wildman–Crippen LogP) is 2.42. The molecule has 138 valence electrons. The van der Waals surface area contributed by atoms with Crippen LogP contribution in [0.25, 0.3) is 0 Å². The smallest absolute Gasteiger partial charge is 0.279 e. The van der Waals surface area contributed by atoms with E-state index in [1.54, 1.807) is 38.3 Å². The van der Waals surface area contributed by atoms with E-state index in [2.05, 4.69) is 17.8 Å². The Hall–Kier alpha value is -3.02. The summed E-state index contributed by atoms with van der Waals surface area (Å²) in [6.07, 6.45) is 0.359. The van der Waals surface area contributed by atoms with E-state index in [1.165, 1.54) is 5.56 Å². The molecule has 0 aromatic heterocycles. The summed E-state index contributed by atoms with van der Waals surface area (Å²) < 4.78 is 10.6. The Labute approximate surface area is 153 Å². The molecular weight excluding hydrogens is 332 g/mol. The minimum Gasteiger partial charge on any atom is -0.497 e. The van der Waals surface area contributed by atoms with Gasteiger partial charge in [0.25, 0.3) is 5.91 Å². The van der Waals surface area contributed by atoms with Crippen LogP contribution in [-0.4, -0.2) is 25.0 Å². The number of amides is 2. The van der Waals surface area contributed by atoms with Crippen molar-refractivity contribution in [1.82, 2.24) is 10.9 Å². The lowest BCUT2D eigenvalue weighted by molar-refractivity contribution is -0.132. The molecule has 0 bridgehead atoms. The predicted molar refractivity (Wildman–Crippen MR) is 98.9 cm³/mol. The molecule has 0 spiro atoms. The summed E-state index contributed by atoms with van der Waals surface area (Å²) in [5.41, 5.74) is 6.79. The summed E-state index contributed by atoms with van der Waals surface area (Å²) in [5, 5.41) is 0. The number of rotatable bonds is 7. The molecule has 26 heavy (non-hydrogen) atoms. The lowest BCUT2D eigenvalue weighted by Gasteiger charge is -2.15. The van der Waals surface area contributed by atoms with E-state index >= 15 is 0 Å². The van der Waals surface area contributed by atoms with Crippen molar-refractivity contribution < 1.29 is 19.1 Å². The van der Waals surface area contributed by atoms with Crippen molar-refractivity contribution in [3.05, 3.63) is 59.7 Å². The van der Waals surface area contributed by atoms with Gasteiger partial charge in [0.05, 0.1) is 13.5 Å². The highest BCUT2D eigenvalue weighted by atomic mass is 16.5. The maximum atomic E-state index is 12.0. The molecule has 0 fully saturated rings. The summed E-state index contributed by atoms with van der Waals surface area (Å²) in [7, 11) is 1.58. The van der Waals surface area contributed by atoms with Crippen LogP contribution >= 0.6 is 0 Å². The van der Waals surface area contributed by atoms with Gasteiger partial charge in [-0.05, 0) is 48.7 Å². The standard InChI is InChI=1S/C20H24N2O4/c1-4-15-5-11-18(12-6-15)26-14(2)20(24)22-21-19(23)13-16-7-9-17(25-3)10-8-16/h5-12,14H,4,13H2,1-3H3,(H,21,23)(H,22,24)/t14-/m0/s1. The fourth-order valence-electron chi connectivity index (χ4n) is 2.27. The molecule has 0 radical (unpaired) electrons. The molecule has 0 saturated heterocycles. The van der Waals surface area contributed by atoms with Crippen molar-refractivity contribution in [2.45, 2.75) is 32.8 Å². The van der Waals surface area contributed by atoms with Gasteiger partial charge in [-0.25, -0.2) is 0 Å². The van der Waals surface area contributed by atoms with Gasteiger partial charge in [-0.15, -0.1) is 0 Å². The van der Waals surface area contributed by atoms with Crippen LogP contribution < -0.4 is 20.3 Å². The van der Waals surface area contributed by atoms with E-state index in [0.29, 0.717) is 5.75 Å². The zero-order chi connectivity index (χ0) is 18.9. The minimum absolute atomic E-state index is 0.151. The fraction of sp³-hybridized carbons (Fsp3) is 0.300. The molecule has 0 aliphatic carbocycles. The van der Waals surface area contributed by atoms with E-state index in [0.717, 1.165) is 17.7 Å². The second kappa shape index (κ2) is 9.46. The molecule has 0 aliphatic heterocycles. The van der Waals surface area contributed by atoms with Crippen LogP contribution in [-0.2, 0) is 22.4 Å². The SMILES string of the molecule is CCc1ccc(O[C@@H](C)C(=O)NNC(=O)Cc2ccc(OC)cc2)cc1. The first-order valence-electron chi connectivity index (χ1n) is 8.49. The maximum Gasteiger partial charge on any atom is 0.279 e. The van der Waals surface area contributed by atoms with Crippen molar-refractivity contribution in [1.29, 1.82) is 0 Å². The molecule has 2 N–H and O–H groups in total. The van der Waals surface area contributed by atoms with Gasteiger partial charge >= 0.3 is 0 Å². The van der Waals surface area contributed by atoms with Crippen LogP contribution in [0.2, 0.25) is 0 Å². The van der Waals surface area contributed by atoms with Crippen LogP contribution in [0, 0.1) is 0 Å². The highest BCUT2D eigenvalue weighted by Gasteiger charge is 2.15. The molecule has 0 heterocycles. The second-order valence-electron chi connectivity index (χ2n) is 5.82. The zero-order valence-corrected chi connectivity index (χ0v) is 15.2. The topological polar surface area (TPSA) is 76.7 Å². The molecule has 0 unspecified atom stereocenters. The van der Waals surface area contributed by atoms with Crippen molar-refractivity contribution in [2.75, 3.05) is 7.11 Å². The average Bonchev–Trinajstić information content (AvgIpc) is 2.67. The normalized spacial score (nSPS) is 11.3. The van der Waals surface area contributed by atoms with Gasteiger partial charge < -0.3 is 9.47 Å². The second-order valence-corrected chi connectivity index (χ2v) is 5.82. The fourth-order valence-corrected chi connectivity index (χ4v) is 2.27. The van der Waals surface area contributed by atoms with Gasteiger partial charge in [-0.1, -0.05) is 31.2 Å². The number of hydrazine groups is 1.